The first-order valence-electron chi connectivity index (χ1n) is 5.12. The number of thiazole rings is 1. The van der Waals surface area contributed by atoms with E-state index in [9.17, 15) is 4.79 Å². The zero-order chi connectivity index (χ0) is 12.2. The highest BCUT2D eigenvalue weighted by Gasteiger charge is 2.30. The van der Waals surface area contributed by atoms with Gasteiger partial charge in [-0.05, 0) is 20.3 Å². The second kappa shape index (κ2) is 5.08. The van der Waals surface area contributed by atoms with E-state index in [0.717, 1.165) is 10.7 Å². The number of nitrogens with one attached hydrogen (secondary N) is 1. The minimum atomic E-state index is -0.939. The number of carbonyl (C=O) groups is 1. The summed E-state index contributed by atoms with van der Waals surface area (Å²) in [6.07, 6.45) is 0.505. The SMILES string of the molecule is CCC(C)(C#N)C(=O)NCc1csc(C)n1. The fraction of sp³-hybridized carbons (Fsp3) is 0.545. The first kappa shape index (κ1) is 12.7. The highest BCUT2D eigenvalue weighted by molar-refractivity contribution is 7.09. The van der Waals surface area contributed by atoms with Gasteiger partial charge >= 0.3 is 0 Å². The number of carbonyl (C=O) groups excluding carboxylic acids is 1. The van der Waals surface area contributed by atoms with E-state index in [4.69, 9.17) is 5.26 Å². The molecule has 0 aliphatic rings. The maximum atomic E-state index is 11.7. The van der Waals surface area contributed by atoms with Gasteiger partial charge in [-0.2, -0.15) is 5.26 Å². The molecule has 1 heterocycles. The van der Waals surface area contributed by atoms with Crippen LogP contribution in [0.5, 0.6) is 0 Å². The van der Waals surface area contributed by atoms with Gasteiger partial charge in [-0.25, -0.2) is 4.98 Å². The second-order valence-electron chi connectivity index (χ2n) is 3.84. The van der Waals surface area contributed by atoms with Crippen LogP contribution in [-0.2, 0) is 11.3 Å². The standard InChI is InChI=1S/C11H15N3OS/c1-4-11(3,7-12)10(15)13-5-9-6-16-8(2)14-9/h6H,4-5H2,1-3H3,(H,13,15). The molecule has 0 spiro atoms. The smallest absolute Gasteiger partial charge is 0.240 e. The Morgan fingerprint density at radius 2 is 2.44 bits per heavy atom. The quantitative estimate of drug-likeness (QED) is 0.871. The van der Waals surface area contributed by atoms with E-state index in [2.05, 4.69) is 10.3 Å². The molecular weight excluding hydrogens is 222 g/mol. The zero-order valence-electron chi connectivity index (χ0n) is 9.70. The summed E-state index contributed by atoms with van der Waals surface area (Å²) in [5.74, 6) is -0.233. The number of amides is 1. The largest absolute Gasteiger partial charge is 0.349 e. The lowest BCUT2D eigenvalue weighted by Gasteiger charge is -2.17. The van der Waals surface area contributed by atoms with Crippen molar-refractivity contribution in [3.63, 3.8) is 0 Å². The Morgan fingerprint density at radius 1 is 1.75 bits per heavy atom. The number of nitrogens with zero attached hydrogens (tertiary/aromatic N) is 2. The van der Waals surface area contributed by atoms with Gasteiger partial charge < -0.3 is 5.32 Å². The molecule has 4 nitrogen and oxygen atoms in total. The van der Waals surface area contributed by atoms with Crippen molar-refractivity contribution in [2.24, 2.45) is 5.41 Å². The molecule has 16 heavy (non-hydrogen) atoms. The van der Waals surface area contributed by atoms with Crippen LogP contribution in [0.4, 0.5) is 0 Å². The predicted octanol–water partition coefficient (Wildman–Crippen LogP) is 2.01. The lowest BCUT2D eigenvalue weighted by atomic mass is 9.88. The van der Waals surface area contributed by atoms with Crippen LogP contribution in [-0.4, -0.2) is 10.9 Å². The maximum Gasteiger partial charge on any atom is 0.240 e. The molecule has 1 aromatic rings. The van der Waals surface area contributed by atoms with Gasteiger partial charge in [-0.15, -0.1) is 11.3 Å². The summed E-state index contributed by atoms with van der Waals surface area (Å²) in [4.78, 5) is 16.0. The molecule has 1 rings (SSSR count). The maximum absolute atomic E-state index is 11.7. The third kappa shape index (κ3) is 2.80. The third-order valence-electron chi connectivity index (χ3n) is 2.55. The molecule has 0 fully saturated rings. The van der Waals surface area contributed by atoms with Gasteiger partial charge in [0.2, 0.25) is 5.91 Å². The molecule has 1 amide bonds. The van der Waals surface area contributed by atoms with Crippen LogP contribution in [0.15, 0.2) is 5.38 Å². The van der Waals surface area contributed by atoms with Crippen LogP contribution in [0.2, 0.25) is 0 Å². The van der Waals surface area contributed by atoms with Crippen molar-refractivity contribution in [3.05, 3.63) is 16.1 Å². The van der Waals surface area contributed by atoms with Gasteiger partial charge in [0.05, 0.1) is 23.3 Å². The van der Waals surface area contributed by atoms with Crippen molar-refractivity contribution < 1.29 is 4.79 Å². The Morgan fingerprint density at radius 3 is 2.88 bits per heavy atom. The first-order chi connectivity index (χ1) is 7.51. The van der Waals surface area contributed by atoms with Gasteiger partial charge in [0.1, 0.15) is 5.41 Å². The van der Waals surface area contributed by atoms with E-state index in [1.165, 1.54) is 0 Å². The van der Waals surface area contributed by atoms with E-state index in [1.54, 1.807) is 18.3 Å². The minimum absolute atomic E-state index is 0.233. The molecule has 5 heteroatoms. The molecule has 1 aromatic heterocycles. The molecule has 0 bridgehead atoms. The molecule has 1 N–H and O–H groups in total. The lowest BCUT2D eigenvalue weighted by molar-refractivity contribution is -0.127. The van der Waals surface area contributed by atoms with Gasteiger partial charge in [-0.3, -0.25) is 4.79 Å². The number of aromatic nitrogens is 1. The monoisotopic (exact) mass is 237 g/mol. The molecular formula is C11H15N3OS. The summed E-state index contributed by atoms with van der Waals surface area (Å²) in [6, 6.07) is 2.04. The summed E-state index contributed by atoms with van der Waals surface area (Å²) in [6.45, 7) is 5.78. The Labute approximate surface area is 99.3 Å². The Kier molecular flexibility index (Phi) is 4.02. The zero-order valence-corrected chi connectivity index (χ0v) is 10.5. The highest BCUT2D eigenvalue weighted by atomic mass is 32.1. The minimum Gasteiger partial charge on any atom is -0.349 e. The van der Waals surface area contributed by atoms with Crippen LogP contribution in [0.3, 0.4) is 0 Å². The number of rotatable bonds is 4. The van der Waals surface area contributed by atoms with Gasteiger partial charge in [0.15, 0.2) is 0 Å². The number of aryl methyl sites for hydroxylation is 1. The molecule has 0 aromatic carbocycles. The van der Waals surface area contributed by atoms with Gasteiger partial charge in [-0.1, -0.05) is 6.92 Å². The van der Waals surface area contributed by atoms with Crippen molar-refractivity contribution in [2.75, 3.05) is 0 Å². The first-order valence-corrected chi connectivity index (χ1v) is 6.00. The topological polar surface area (TPSA) is 65.8 Å². The molecule has 0 saturated heterocycles. The predicted molar refractivity (Wildman–Crippen MR) is 62.7 cm³/mol. The molecule has 0 aliphatic carbocycles. The van der Waals surface area contributed by atoms with Crippen molar-refractivity contribution in [1.29, 1.82) is 5.26 Å². The number of hydrogen-bond acceptors (Lipinski definition) is 4. The summed E-state index contributed by atoms with van der Waals surface area (Å²) in [5.41, 5.74) is -0.0994. The van der Waals surface area contributed by atoms with Crippen LogP contribution in [0.25, 0.3) is 0 Å². The fourth-order valence-electron chi connectivity index (χ4n) is 1.15. The van der Waals surface area contributed by atoms with E-state index in [0.29, 0.717) is 13.0 Å². The Bertz CT molecular complexity index is 421. The van der Waals surface area contributed by atoms with Gasteiger partial charge in [0, 0.05) is 5.38 Å². The van der Waals surface area contributed by atoms with Crippen molar-refractivity contribution in [1.82, 2.24) is 10.3 Å². The lowest BCUT2D eigenvalue weighted by Crippen LogP contribution is -2.37. The normalized spacial score (nSPS) is 13.9. The number of nitriles is 1. The molecule has 0 saturated carbocycles. The van der Waals surface area contributed by atoms with E-state index >= 15 is 0 Å². The molecule has 86 valence electrons. The van der Waals surface area contributed by atoms with Crippen LogP contribution in [0, 0.1) is 23.7 Å². The summed E-state index contributed by atoms with van der Waals surface area (Å²) in [7, 11) is 0. The summed E-state index contributed by atoms with van der Waals surface area (Å²) in [5, 5.41) is 14.6. The van der Waals surface area contributed by atoms with Crippen molar-refractivity contribution in [3.8, 4) is 6.07 Å². The summed E-state index contributed by atoms with van der Waals surface area (Å²) >= 11 is 1.55. The fourth-order valence-corrected chi connectivity index (χ4v) is 1.76. The summed E-state index contributed by atoms with van der Waals surface area (Å²) < 4.78 is 0. The number of hydrogen-bond donors (Lipinski definition) is 1. The Hall–Kier alpha value is -1.41. The molecule has 1 unspecified atom stereocenters. The molecule has 0 aliphatic heterocycles. The van der Waals surface area contributed by atoms with Crippen molar-refractivity contribution >= 4 is 17.2 Å². The molecule has 0 radical (unpaired) electrons. The van der Waals surface area contributed by atoms with Crippen LogP contribution in [0.1, 0.15) is 31.0 Å². The molecule has 1 atom stereocenters. The third-order valence-corrected chi connectivity index (χ3v) is 3.37. The Balaban J connectivity index is 2.57. The second-order valence-corrected chi connectivity index (χ2v) is 4.90. The van der Waals surface area contributed by atoms with E-state index in [-0.39, 0.29) is 5.91 Å². The highest BCUT2D eigenvalue weighted by Crippen LogP contribution is 2.19. The average Bonchev–Trinajstić information content (AvgIpc) is 2.70. The van der Waals surface area contributed by atoms with Crippen LogP contribution >= 0.6 is 11.3 Å². The van der Waals surface area contributed by atoms with Crippen LogP contribution < -0.4 is 5.32 Å². The van der Waals surface area contributed by atoms with Crippen molar-refractivity contribution in [2.45, 2.75) is 33.7 Å². The van der Waals surface area contributed by atoms with E-state index < -0.39 is 5.41 Å². The average molecular weight is 237 g/mol. The van der Waals surface area contributed by atoms with E-state index in [1.807, 2.05) is 25.3 Å². The van der Waals surface area contributed by atoms with Gasteiger partial charge in [0.25, 0.3) is 0 Å².